The number of nitrogens with one attached hydrogen (secondary N) is 2. The zero-order chi connectivity index (χ0) is 19.5. The largest absolute Gasteiger partial charge is 0.468 e. The molecular formula is C14H20N3O8P. The lowest BCUT2D eigenvalue weighted by Crippen LogP contribution is -2.34. The molecule has 0 spiro atoms. The molecule has 26 heavy (non-hydrogen) atoms. The van der Waals surface area contributed by atoms with E-state index >= 15 is 0 Å². The molecule has 4 atom stereocenters. The topological polar surface area (TPSA) is 149 Å². The smallest absolute Gasteiger partial charge is 0.403 e. The molecule has 0 fully saturated rings. The minimum Gasteiger partial charge on any atom is -0.468 e. The van der Waals surface area contributed by atoms with Crippen molar-refractivity contribution in [3.8, 4) is 0 Å². The van der Waals surface area contributed by atoms with E-state index in [4.69, 9.17) is 9.26 Å². The van der Waals surface area contributed by atoms with Crippen LogP contribution < -0.4 is 16.3 Å². The molecule has 0 aliphatic carbocycles. The molecule has 144 valence electrons. The Morgan fingerprint density at radius 2 is 2.19 bits per heavy atom. The number of hydrogen-bond acceptors (Lipinski definition) is 7. The Balaban J connectivity index is 1.94. The molecule has 1 aromatic rings. The van der Waals surface area contributed by atoms with E-state index in [2.05, 4.69) is 14.8 Å². The van der Waals surface area contributed by atoms with Crippen molar-refractivity contribution in [1.29, 1.82) is 0 Å². The molecule has 2 rings (SSSR count). The molecule has 1 unspecified atom stereocenters. The van der Waals surface area contributed by atoms with Crippen molar-refractivity contribution < 1.29 is 28.3 Å². The highest BCUT2D eigenvalue weighted by atomic mass is 31.2. The van der Waals surface area contributed by atoms with Gasteiger partial charge in [-0.25, -0.2) is 14.4 Å². The number of rotatable bonds is 7. The number of carbonyl (C=O) groups is 1. The number of H-pyrrole nitrogens is 1. The van der Waals surface area contributed by atoms with Crippen molar-refractivity contribution in [3.63, 3.8) is 0 Å². The fourth-order valence-electron chi connectivity index (χ4n) is 2.20. The summed E-state index contributed by atoms with van der Waals surface area (Å²) in [5.41, 5.74) is -0.791. The molecule has 0 saturated carbocycles. The Hall–Kier alpha value is -2.04. The first kappa shape index (κ1) is 20.3. The second kappa shape index (κ2) is 8.11. The summed E-state index contributed by atoms with van der Waals surface area (Å²) in [6.45, 7) is 2.61. The van der Waals surface area contributed by atoms with Crippen LogP contribution in [0, 0.1) is 6.92 Å². The lowest BCUT2D eigenvalue weighted by atomic mass is 10.3. The third-order valence-corrected chi connectivity index (χ3v) is 4.76. The van der Waals surface area contributed by atoms with Crippen molar-refractivity contribution in [2.75, 3.05) is 13.7 Å². The lowest BCUT2D eigenvalue weighted by molar-refractivity contribution is -0.142. The van der Waals surface area contributed by atoms with E-state index in [1.165, 1.54) is 17.7 Å². The zero-order valence-electron chi connectivity index (χ0n) is 14.4. The Morgan fingerprint density at radius 3 is 2.85 bits per heavy atom. The monoisotopic (exact) mass is 389 g/mol. The van der Waals surface area contributed by atoms with Gasteiger partial charge in [0.15, 0.2) is 6.23 Å². The number of hydrogen-bond donors (Lipinski definition) is 3. The molecule has 1 aliphatic rings. The highest BCUT2D eigenvalue weighted by molar-refractivity contribution is 7.50. The van der Waals surface area contributed by atoms with Crippen LogP contribution in [0.15, 0.2) is 27.9 Å². The van der Waals surface area contributed by atoms with E-state index in [0.717, 1.165) is 7.11 Å². The average molecular weight is 389 g/mol. The molecule has 2 heterocycles. The van der Waals surface area contributed by atoms with Gasteiger partial charge in [0.05, 0.1) is 13.7 Å². The normalized spacial score (nSPS) is 22.8. The SMILES string of the molecule is COC(=O)[C@H](C)NP(=O)(O)OC[C@@H]1C=C[C@H](n2cc(C)c(=O)[nH]c2=O)O1. The van der Waals surface area contributed by atoms with Gasteiger partial charge in [-0.15, -0.1) is 0 Å². The van der Waals surface area contributed by atoms with Gasteiger partial charge in [0, 0.05) is 11.8 Å². The summed E-state index contributed by atoms with van der Waals surface area (Å²) in [6.07, 6.45) is 2.98. The molecule has 12 heteroatoms. The first-order valence-corrected chi connectivity index (χ1v) is 9.19. The van der Waals surface area contributed by atoms with Gasteiger partial charge in [0.25, 0.3) is 5.56 Å². The quantitative estimate of drug-likeness (QED) is 0.321. The number of ether oxygens (including phenoxy) is 2. The van der Waals surface area contributed by atoms with Crippen molar-refractivity contribution in [2.24, 2.45) is 0 Å². The second-order valence-corrected chi connectivity index (χ2v) is 7.18. The molecule has 0 amide bonds. The van der Waals surface area contributed by atoms with Crippen LogP contribution in [0.3, 0.4) is 0 Å². The fourth-order valence-corrected chi connectivity index (χ4v) is 3.22. The summed E-state index contributed by atoms with van der Waals surface area (Å²) in [5, 5.41) is 2.14. The van der Waals surface area contributed by atoms with Gasteiger partial charge in [-0.2, -0.15) is 0 Å². The predicted molar refractivity (Wildman–Crippen MR) is 89.5 cm³/mol. The lowest BCUT2D eigenvalue weighted by Gasteiger charge is -2.20. The van der Waals surface area contributed by atoms with Gasteiger partial charge in [-0.3, -0.25) is 23.7 Å². The molecule has 11 nitrogen and oxygen atoms in total. The van der Waals surface area contributed by atoms with Crippen LogP contribution in [0.5, 0.6) is 0 Å². The van der Waals surface area contributed by atoms with E-state index in [9.17, 15) is 23.8 Å². The Bertz CT molecular complexity index is 860. The number of aryl methyl sites for hydroxylation is 1. The number of aromatic nitrogens is 2. The van der Waals surface area contributed by atoms with Crippen molar-refractivity contribution >= 4 is 13.7 Å². The molecule has 1 aromatic heterocycles. The fraction of sp³-hybridized carbons (Fsp3) is 0.500. The Morgan fingerprint density at radius 1 is 1.50 bits per heavy atom. The maximum atomic E-state index is 11.9. The van der Waals surface area contributed by atoms with Crippen LogP contribution in [-0.2, 0) is 23.4 Å². The highest BCUT2D eigenvalue weighted by Crippen LogP contribution is 2.38. The summed E-state index contributed by atoms with van der Waals surface area (Å²) in [4.78, 5) is 46.4. The van der Waals surface area contributed by atoms with Crippen molar-refractivity contribution in [3.05, 3.63) is 44.8 Å². The van der Waals surface area contributed by atoms with E-state index in [1.807, 2.05) is 0 Å². The number of methoxy groups -OCH3 is 1. The van der Waals surface area contributed by atoms with Gasteiger partial charge in [-0.1, -0.05) is 6.08 Å². The summed E-state index contributed by atoms with van der Waals surface area (Å²) >= 11 is 0. The number of nitrogens with zero attached hydrogens (tertiary/aromatic N) is 1. The van der Waals surface area contributed by atoms with E-state index in [0.29, 0.717) is 5.56 Å². The third kappa shape index (κ3) is 4.99. The molecule has 0 radical (unpaired) electrons. The molecule has 1 aliphatic heterocycles. The van der Waals surface area contributed by atoms with Gasteiger partial charge < -0.3 is 14.4 Å². The summed E-state index contributed by atoms with van der Waals surface area (Å²) < 4.78 is 28.0. The van der Waals surface area contributed by atoms with Gasteiger partial charge in [-0.05, 0) is 19.9 Å². The second-order valence-electron chi connectivity index (χ2n) is 5.62. The summed E-state index contributed by atoms with van der Waals surface area (Å²) in [5.74, 6) is -0.715. The van der Waals surface area contributed by atoms with Crippen LogP contribution in [0.25, 0.3) is 0 Å². The Kier molecular flexibility index (Phi) is 6.32. The van der Waals surface area contributed by atoms with E-state index in [-0.39, 0.29) is 6.61 Å². The van der Waals surface area contributed by atoms with Crippen LogP contribution in [0.1, 0.15) is 18.7 Å². The standard InChI is InChI=1S/C14H20N3O8P/c1-8-6-17(14(20)15-12(8)18)11-5-4-10(25-11)7-24-26(21,22)16-9(2)13(19)23-3/h4-6,9-11H,7H2,1-3H3,(H,15,18,20)(H2,16,21,22)/t9-,10-,11+/m0/s1. The van der Waals surface area contributed by atoms with Crippen molar-refractivity contribution in [1.82, 2.24) is 14.6 Å². The van der Waals surface area contributed by atoms with E-state index < -0.39 is 43.3 Å². The number of esters is 1. The summed E-state index contributed by atoms with van der Waals surface area (Å²) in [6, 6.07) is -1.04. The first-order valence-electron chi connectivity index (χ1n) is 7.62. The molecular weight excluding hydrogens is 369 g/mol. The highest BCUT2D eigenvalue weighted by Gasteiger charge is 2.29. The molecule has 0 saturated heterocycles. The van der Waals surface area contributed by atoms with Gasteiger partial charge in [0.2, 0.25) is 0 Å². The van der Waals surface area contributed by atoms with Crippen LogP contribution in [-0.4, -0.2) is 46.3 Å². The van der Waals surface area contributed by atoms with Crippen molar-refractivity contribution in [2.45, 2.75) is 32.2 Å². The molecule has 3 N–H and O–H groups in total. The van der Waals surface area contributed by atoms with Crippen LogP contribution >= 0.6 is 7.75 Å². The van der Waals surface area contributed by atoms with Crippen LogP contribution in [0.2, 0.25) is 0 Å². The maximum absolute atomic E-state index is 11.9. The number of aromatic amines is 1. The van der Waals surface area contributed by atoms with Gasteiger partial charge in [0.1, 0.15) is 12.1 Å². The Labute approximate surface area is 148 Å². The maximum Gasteiger partial charge on any atom is 0.403 e. The minimum absolute atomic E-state index is 0.293. The minimum atomic E-state index is -4.26. The van der Waals surface area contributed by atoms with E-state index in [1.54, 1.807) is 19.1 Å². The van der Waals surface area contributed by atoms with Gasteiger partial charge >= 0.3 is 19.4 Å². The number of carbonyl (C=O) groups excluding carboxylic acids is 1. The third-order valence-electron chi connectivity index (χ3n) is 3.55. The average Bonchev–Trinajstić information content (AvgIpc) is 3.04. The predicted octanol–water partition coefficient (Wildman–Crippen LogP) is -0.433. The molecule has 0 bridgehead atoms. The first-order chi connectivity index (χ1) is 12.1. The zero-order valence-corrected chi connectivity index (χ0v) is 15.3. The summed E-state index contributed by atoms with van der Waals surface area (Å²) in [7, 11) is -3.11. The van der Waals surface area contributed by atoms with Crippen LogP contribution in [0.4, 0.5) is 0 Å². The molecule has 0 aromatic carbocycles.